The third-order valence-electron chi connectivity index (χ3n) is 2.83. The Bertz CT molecular complexity index is 367. The summed E-state index contributed by atoms with van der Waals surface area (Å²) < 4.78 is 0. The van der Waals surface area contributed by atoms with Crippen molar-refractivity contribution < 1.29 is 4.79 Å². The van der Waals surface area contributed by atoms with Gasteiger partial charge in [-0.25, -0.2) is 0 Å². The van der Waals surface area contributed by atoms with Crippen molar-refractivity contribution >= 4 is 29.7 Å². The molecular formula is C11H17ClN2OS. The quantitative estimate of drug-likeness (QED) is 0.840. The van der Waals surface area contributed by atoms with Crippen LogP contribution in [0.5, 0.6) is 0 Å². The zero-order valence-corrected chi connectivity index (χ0v) is 10.9. The molecule has 0 radical (unpaired) electrons. The summed E-state index contributed by atoms with van der Waals surface area (Å²) in [5, 5.41) is 3.94. The van der Waals surface area contributed by atoms with Gasteiger partial charge in [0.2, 0.25) is 0 Å². The first-order valence-electron chi connectivity index (χ1n) is 5.26. The van der Waals surface area contributed by atoms with Crippen molar-refractivity contribution in [2.24, 2.45) is 5.73 Å². The van der Waals surface area contributed by atoms with E-state index in [1.165, 1.54) is 0 Å². The van der Waals surface area contributed by atoms with E-state index >= 15 is 0 Å². The molecule has 2 N–H and O–H groups in total. The zero-order valence-electron chi connectivity index (χ0n) is 9.31. The number of nitrogens with two attached hydrogens (primary N) is 1. The van der Waals surface area contributed by atoms with Crippen molar-refractivity contribution in [1.82, 2.24) is 4.90 Å². The molecule has 0 unspecified atom stereocenters. The van der Waals surface area contributed by atoms with Crippen molar-refractivity contribution in [2.75, 3.05) is 13.1 Å². The van der Waals surface area contributed by atoms with Crippen molar-refractivity contribution in [3.05, 3.63) is 21.9 Å². The Kier molecular flexibility index (Phi) is 4.77. The van der Waals surface area contributed by atoms with Gasteiger partial charge in [-0.15, -0.1) is 12.4 Å². The van der Waals surface area contributed by atoms with Crippen LogP contribution in [0.15, 0.2) is 10.8 Å². The van der Waals surface area contributed by atoms with Gasteiger partial charge in [0, 0.05) is 24.5 Å². The standard InChI is InChI=1S/C11H16N2OS.ClH/c1-8-6-15-7-10(8)11(14)13-4-2-3-9(12)5-13;/h6-7,9H,2-5,12H2,1H3;1H/t9-;/m1./s1. The first kappa shape index (κ1) is 13.5. The van der Waals surface area contributed by atoms with Gasteiger partial charge in [0.1, 0.15) is 0 Å². The average Bonchev–Trinajstić information content (AvgIpc) is 2.63. The van der Waals surface area contributed by atoms with E-state index in [0.717, 1.165) is 30.5 Å². The Labute approximate surface area is 106 Å². The third kappa shape index (κ3) is 2.75. The molecule has 1 aliphatic rings. The topological polar surface area (TPSA) is 46.3 Å². The van der Waals surface area contributed by atoms with Crippen LogP contribution in [0.25, 0.3) is 0 Å². The lowest BCUT2D eigenvalue weighted by atomic mass is 10.1. The molecule has 1 fully saturated rings. The second kappa shape index (κ2) is 5.66. The number of nitrogens with zero attached hydrogens (tertiary/aromatic N) is 1. The molecule has 1 aromatic rings. The minimum absolute atomic E-state index is 0. The number of thiophene rings is 1. The number of halogens is 1. The molecule has 5 heteroatoms. The van der Waals surface area contributed by atoms with Crippen LogP contribution in [0.1, 0.15) is 28.8 Å². The monoisotopic (exact) mass is 260 g/mol. The lowest BCUT2D eigenvalue weighted by Gasteiger charge is -2.30. The second-order valence-electron chi connectivity index (χ2n) is 4.12. The highest BCUT2D eigenvalue weighted by atomic mass is 35.5. The number of piperidine rings is 1. The summed E-state index contributed by atoms with van der Waals surface area (Å²) >= 11 is 1.58. The molecule has 16 heavy (non-hydrogen) atoms. The molecule has 3 nitrogen and oxygen atoms in total. The summed E-state index contributed by atoms with van der Waals surface area (Å²) in [4.78, 5) is 14.0. The summed E-state index contributed by atoms with van der Waals surface area (Å²) in [6.45, 7) is 3.53. The number of aryl methyl sites for hydroxylation is 1. The molecule has 2 rings (SSSR count). The maximum atomic E-state index is 12.1. The molecule has 1 saturated heterocycles. The molecule has 1 aromatic heterocycles. The number of rotatable bonds is 1. The van der Waals surface area contributed by atoms with Crippen molar-refractivity contribution in [1.29, 1.82) is 0 Å². The van der Waals surface area contributed by atoms with Crippen LogP contribution in [0, 0.1) is 6.92 Å². The molecule has 90 valence electrons. The van der Waals surface area contributed by atoms with E-state index in [1.54, 1.807) is 11.3 Å². The van der Waals surface area contributed by atoms with Crippen LogP contribution in [-0.4, -0.2) is 29.9 Å². The number of likely N-dealkylation sites (tertiary alicyclic amines) is 1. The van der Waals surface area contributed by atoms with Gasteiger partial charge in [0.25, 0.3) is 5.91 Å². The van der Waals surface area contributed by atoms with Crippen molar-refractivity contribution in [3.63, 3.8) is 0 Å². The summed E-state index contributed by atoms with van der Waals surface area (Å²) in [5.41, 5.74) is 7.78. The highest BCUT2D eigenvalue weighted by molar-refractivity contribution is 7.08. The van der Waals surface area contributed by atoms with Crippen LogP contribution in [0.3, 0.4) is 0 Å². The third-order valence-corrected chi connectivity index (χ3v) is 3.69. The fraction of sp³-hybridized carbons (Fsp3) is 0.545. The molecule has 1 amide bonds. The van der Waals surface area contributed by atoms with Gasteiger partial charge >= 0.3 is 0 Å². The molecule has 0 bridgehead atoms. The maximum absolute atomic E-state index is 12.1. The second-order valence-corrected chi connectivity index (χ2v) is 4.87. The SMILES string of the molecule is Cc1cscc1C(=O)N1CCC[C@@H](N)C1.Cl. The molecule has 1 atom stereocenters. The number of hydrogen-bond acceptors (Lipinski definition) is 3. The van der Waals surface area contributed by atoms with Crippen LogP contribution in [0.2, 0.25) is 0 Å². The fourth-order valence-electron chi connectivity index (χ4n) is 1.94. The minimum atomic E-state index is 0. The van der Waals surface area contributed by atoms with Crippen LogP contribution < -0.4 is 5.73 Å². The number of hydrogen-bond donors (Lipinski definition) is 1. The van der Waals surface area contributed by atoms with E-state index in [9.17, 15) is 4.79 Å². The number of amides is 1. The van der Waals surface area contributed by atoms with Crippen LogP contribution in [-0.2, 0) is 0 Å². The predicted molar refractivity (Wildman–Crippen MR) is 69.4 cm³/mol. The highest BCUT2D eigenvalue weighted by Crippen LogP contribution is 2.18. The first-order chi connectivity index (χ1) is 7.18. The molecule has 2 heterocycles. The Morgan fingerprint density at radius 3 is 2.88 bits per heavy atom. The molecule has 0 aliphatic carbocycles. The van der Waals surface area contributed by atoms with E-state index in [-0.39, 0.29) is 24.4 Å². The summed E-state index contributed by atoms with van der Waals surface area (Å²) in [7, 11) is 0. The summed E-state index contributed by atoms with van der Waals surface area (Å²) in [5.74, 6) is 0.143. The number of carbonyl (C=O) groups is 1. The summed E-state index contributed by atoms with van der Waals surface area (Å²) in [6.07, 6.45) is 2.06. The lowest BCUT2D eigenvalue weighted by Crippen LogP contribution is -2.45. The Morgan fingerprint density at radius 1 is 1.56 bits per heavy atom. The van der Waals surface area contributed by atoms with E-state index in [2.05, 4.69) is 0 Å². The van der Waals surface area contributed by atoms with E-state index < -0.39 is 0 Å². The number of carbonyl (C=O) groups excluding carboxylic acids is 1. The van der Waals surface area contributed by atoms with Gasteiger partial charge in [-0.2, -0.15) is 11.3 Å². The molecule has 1 aliphatic heterocycles. The minimum Gasteiger partial charge on any atom is -0.337 e. The van der Waals surface area contributed by atoms with Gasteiger partial charge in [-0.3, -0.25) is 4.79 Å². The van der Waals surface area contributed by atoms with Crippen molar-refractivity contribution in [2.45, 2.75) is 25.8 Å². The van der Waals surface area contributed by atoms with Crippen molar-refractivity contribution in [3.8, 4) is 0 Å². The van der Waals surface area contributed by atoms with Gasteiger partial charge in [0.15, 0.2) is 0 Å². The van der Waals surface area contributed by atoms with Crippen LogP contribution >= 0.6 is 23.7 Å². The van der Waals surface area contributed by atoms with Gasteiger partial charge in [0.05, 0.1) is 5.56 Å². The first-order valence-corrected chi connectivity index (χ1v) is 6.20. The van der Waals surface area contributed by atoms with E-state index in [1.807, 2.05) is 22.6 Å². The largest absolute Gasteiger partial charge is 0.337 e. The van der Waals surface area contributed by atoms with Gasteiger partial charge < -0.3 is 10.6 Å². The Morgan fingerprint density at radius 2 is 2.31 bits per heavy atom. The average molecular weight is 261 g/mol. The molecular weight excluding hydrogens is 244 g/mol. The smallest absolute Gasteiger partial charge is 0.255 e. The zero-order chi connectivity index (χ0) is 10.8. The highest BCUT2D eigenvalue weighted by Gasteiger charge is 2.23. The van der Waals surface area contributed by atoms with Gasteiger partial charge in [-0.1, -0.05) is 0 Å². The molecule has 0 saturated carbocycles. The van der Waals surface area contributed by atoms with Crippen LogP contribution in [0.4, 0.5) is 0 Å². The predicted octanol–water partition coefficient (Wildman–Crippen LogP) is 2.04. The Hall–Kier alpha value is -0.580. The molecule has 0 spiro atoms. The molecule has 0 aromatic carbocycles. The van der Waals surface area contributed by atoms with E-state index in [0.29, 0.717) is 6.54 Å². The van der Waals surface area contributed by atoms with Gasteiger partial charge in [-0.05, 0) is 30.7 Å². The normalized spacial score (nSPS) is 20.4. The summed E-state index contributed by atoms with van der Waals surface area (Å²) in [6, 6.07) is 0.154. The lowest BCUT2D eigenvalue weighted by molar-refractivity contribution is 0.0708. The van der Waals surface area contributed by atoms with E-state index in [4.69, 9.17) is 5.73 Å². The maximum Gasteiger partial charge on any atom is 0.255 e. The fourth-order valence-corrected chi connectivity index (χ4v) is 2.77. The Balaban J connectivity index is 0.00000128.